The largest absolute Gasteiger partial charge is 0.326 e. The van der Waals surface area contributed by atoms with Crippen molar-refractivity contribution >= 4 is 34.8 Å². The highest BCUT2D eigenvalue weighted by atomic mass is 16.2. The van der Waals surface area contributed by atoms with Crippen LogP contribution in [0.4, 0.5) is 17.1 Å². The van der Waals surface area contributed by atoms with Crippen LogP contribution in [-0.4, -0.2) is 24.3 Å². The van der Waals surface area contributed by atoms with Gasteiger partial charge >= 0.3 is 0 Å². The summed E-state index contributed by atoms with van der Waals surface area (Å²) < 4.78 is 0. The third-order valence-electron chi connectivity index (χ3n) is 4.35. The summed E-state index contributed by atoms with van der Waals surface area (Å²) in [7, 11) is 0. The van der Waals surface area contributed by atoms with Crippen LogP contribution in [0, 0.1) is 12.8 Å². The summed E-state index contributed by atoms with van der Waals surface area (Å²) in [4.78, 5) is 37.8. The van der Waals surface area contributed by atoms with Gasteiger partial charge in [0.25, 0.3) is 0 Å². The van der Waals surface area contributed by atoms with E-state index in [9.17, 15) is 14.4 Å². The summed E-state index contributed by atoms with van der Waals surface area (Å²) >= 11 is 0. The van der Waals surface area contributed by atoms with Crippen molar-refractivity contribution in [3.8, 4) is 0 Å². The van der Waals surface area contributed by atoms with Gasteiger partial charge in [0.2, 0.25) is 17.7 Å². The molecular formula is C20H21N3O3. The van der Waals surface area contributed by atoms with Crippen molar-refractivity contribution < 1.29 is 14.4 Å². The molecule has 1 aliphatic rings. The molecule has 6 nitrogen and oxygen atoms in total. The first-order valence-electron chi connectivity index (χ1n) is 8.48. The van der Waals surface area contributed by atoms with Crippen LogP contribution in [-0.2, 0) is 14.4 Å². The van der Waals surface area contributed by atoms with Crippen LogP contribution in [0.5, 0.6) is 0 Å². The van der Waals surface area contributed by atoms with Crippen LogP contribution in [0.1, 0.15) is 18.9 Å². The maximum Gasteiger partial charge on any atom is 0.229 e. The SMILES string of the molecule is CC(=O)Nc1cccc(NC(=O)[C@H]2CC(=O)N(c3ccccc3C)C2)c1. The van der Waals surface area contributed by atoms with Gasteiger partial charge in [-0.2, -0.15) is 0 Å². The van der Waals surface area contributed by atoms with Crippen molar-refractivity contribution in [2.24, 2.45) is 5.92 Å². The molecule has 3 amide bonds. The minimum Gasteiger partial charge on any atom is -0.326 e. The first-order valence-corrected chi connectivity index (χ1v) is 8.48. The average molecular weight is 351 g/mol. The van der Waals surface area contributed by atoms with Crippen LogP contribution in [0.15, 0.2) is 48.5 Å². The fourth-order valence-electron chi connectivity index (χ4n) is 3.10. The molecule has 2 N–H and O–H groups in total. The first kappa shape index (κ1) is 17.7. The Labute approximate surface area is 152 Å². The molecule has 3 rings (SSSR count). The standard InChI is InChI=1S/C20H21N3O3/c1-13-6-3-4-9-18(13)23-12-15(10-19(23)25)20(26)22-17-8-5-7-16(11-17)21-14(2)24/h3-9,11,15H,10,12H2,1-2H3,(H,21,24)(H,22,26)/t15-/m0/s1. The molecule has 0 saturated carbocycles. The number of carbonyl (C=O) groups is 3. The van der Waals surface area contributed by atoms with Gasteiger partial charge in [0.05, 0.1) is 5.92 Å². The number of rotatable bonds is 4. The van der Waals surface area contributed by atoms with E-state index in [1.165, 1.54) is 6.92 Å². The fourth-order valence-corrected chi connectivity index (χ4v) is 3.10. The number of aryl methyl sites for hydroxylation is 1. The lowest BCUT2D eigenvalue weighted by Gasteiger charge is -2.19. The van der Waals surface area contributed by atoms with Gasteiger partial charge in [0.1, 0.15) is 0 Å². The van der Waals surface area contributed by atoms with Crippen molar-refractivity contribution in [1.29, 1.82) is 0 Å². The summed E-state index contributed by atoms with van der Waals surface area (Å²) in [6.45, 7) is 3.74. The maximum absolute atomic E-state index is 12.6. The second-order valence-corrected chi connectivity index (χ2v) is 6.44. The smallest absolute Gasteiger partial charge is 0.229 e. The molecule has 0 spiro atoms. The zero-order valence-corrected chi connectivity index (χ0v) is 14.8. The van der Waals surface area contributed by atoms with Gasteiger partial charge in [-0.1, -0.05) is 24.3 Å². The molecule has 1 saturated heterocycles. The molecule has 0 aliphatic carbocycles. The Balaban J connectivity index is 1.69. The van der Waals surface area contributed by atoms with E-state index in [0.717, 1.165) is 11.3 Å². The second kappa shape index (κ2) is 7.39. The van der Waals surface area contributed by atoms with Crippen LogP contribution in [0.3, 0.4) is 0 Å². The van der Waals surface area contributed by atoms with Crippen LogP contribution >= 0.6 is 0 Å². The van der Waals surface area contributed by atoms with Gasteiger partial charge in [0.15, 0.2) is 0 Å². The van der Waals surface area contributed by atoms with Crippen molar-refractivity contribution in [1.82, 2.24) is 0 Å². The number of carbonyl (C=O) groups excluding carboxylic acids is 3. The number of amides is 3. The Morgan fingerprint density at radius 3 is 2.42 bits per heavy atom. The lowest BCUT2D eigenvalue weighted by atomic mass is 10.1. The molecule has 134 valence electrons. The van der Waals surface area contributed by atoms with E-state index in [1.54, 1.807) is 29.2 Å². The van der Waals surface area contributed by atoms with E-state index in [-0.39, 0.29) is 24.1 Å². The maximum atomic E-state index is 12.6. The highest BCUT2D eigenvalue weighted by Crippen LogP contribution is 2.28. The Morgan fingerprint density at radius 2 is 1.73 bits per heavy atom. The third kappa shape index (κ3) is 3.91. The molecule has 26 heavy (non-hydrogen) atoms. The van der Waals surface area contributed by atoms with Crippen LogP contribution in [0.25, 0.3) is 0 Å². The van der Waals surface area contributed by atoms with Crippen molar-refractivity contribution in [2.75, 3.05) is 22.1 Å². The Bertz CT molecular complexity index is 863. The Morgan fingerprint density at radius 1 is 1.04 bits per heavy atom. The van der Waals surface area contributed by atoms with E-state index in [2.05, 4.69) is 10.6 Å². The molecule has 2 aromatic carbocycles. The third-order valence-corrected chi connectivity index (χ3v) is 4.35. The van der Waals surface area contributed by atoms with Gasteiger partial charge < -0.3 is 15.5 Å². The topological polar surface area (TPSA) is 78.5 Å². The summed E-state index contributed by atoms with van der Waals surface area (Å²) in [6.07, 6.45) is 0.186. The van der Waals surface area contributed by atoms with E-state index in [4.69, 9.17) is 0 Å². The van der Waals surface area contributed by atoms with E-state index < -0.39 is 5.92 Å². The zero-order chi connectivity index (χ0) is 18.7. The first-order chi connectivity index (χ1) is 12.4. The molecule has 1 fully saturated rings. The monoisotopic (exact) mass is 351 g/mol. The number of nitrogens with zero attached hydrogens (tertiary/aromatic N) is 1. The van der Waals surface area contributed by atoms with Gasteiger partial charge in [-0.05, 0) is 36.8 Å². The van der Waals surface area contributed by atoms with Gasteiger partial charge in [0, 0.05) is 37.0 Å². The predicted molar refractivity (Wildman–Crippen MR) is 101 cm³/mol. The Hall–Kier alpha value is -3.15. The van der Waals surface area contributed by atoms with Crippen LogP contribution in [0.2, 0.25) is 0 Å². The summed E-state index contributed by atoms with van der Waals surface area (Å²) in [5.41, 5.74) is 3.05. The molecule has 2 aromatic rings. The van der Waals surface area contributed by atoms with Crippen LogP contribution < -0.4 is 15.5 Å². The normalized spacial score (nSPS) is 16.5. The van der Waals surface area contributed by atoms with E-state index in [0.29, 0.717) is 17.9 Å². The molecule has 0 radical (unpaired) electrons. The van der Waals surface area contributed by atoms with Crippen molar-refractivity contribution in [3.05, 3.63) is 54.1 Å². The lowest BCUT2D eigenvalue weighted by Crippen LogP contribution is -2.28. The molecular weight excluding hydrogens is 330 g/mol. The summed E-state index contributed by atoms with van der Waals surface area (Å²) in [6, 6.07) is 14.6. The van der Waals surface area contributed by atoms with Crippen molar-refractivity contribution in [3.63, 3.8) is 0 Å². The van der Waals surface area contributed by atoms with Gasteiger partial charge in [-0.25, -0.2) is 0 Å². The van der Waals surface area contributed by atoms with Gasteiger partial charge in [-0.15, -0.1) is 0 Å². The molecule has 0 bridgehead atoms. The van der Waals surface area contributed by atoms with Gasteiger partial charge in [-0.3, -0.25) is 14.4 Å². The quantitative estimate of drug-likeness (QED) is 0.889. The molecule has 0 aromatic heterocycles. The number of nitrogens with one attached hydrogen (secondary N) is 2. The minimum absolute atomic E-state index is 0.0496. The molecule has 1 heterocycles. The highest BCUT2D eigenvalue weighted by molar-refractivity contribution is 6.04. The van der Waals surface area contributed by atoms with Crippen molar-refractivity contribution in [2.45, 2.75) is 20.3 Å². The highest BCUT2D eigenvalue weighted by Gasteiger charge is 2.35. The number of benzene rings is 2. The zero-order valence-electron chi connectivity index (χ0n) is 14.8. The second-order valence-electron chi connectivity index (χ2n) is 6.44. The molecule has 6 heteroatoms. The number of anilines is 3. The summed E-state index contributed by atoms with van der Waals surface area (Å²) in [5, 5.41) is 5.51. The minimum atomic E-state index is -0.411. The Kier molecular flexibility index (Phi) is 5.02. The fraction of sp³-hybridized carbons (Fsp3) is 0.250. The van der Waals surface area contributed by atoms with E-state index >= 15 is 0 Å². The molecule has 1 atom stereocenters. The summed E-state index contributed by atoms with van der Waals surface area (Å²) in [5.74, 6) is -0.837. The lowest BCUT2D eigenvalue weighted by molar-refractivity contribution is -0.122. The average Bonchev–Trinajstić information content (AvgIpc) is 2.97. The molecule has 1 aliphatic heterocycles. The predicted octanol–water partition coefficient (Wildman–Crippen LogP) is 2.95. The van der Waals surface area contributed by atoms with E-state index in [1.807, 2.05) is 31.2 Å². The number of para-hydroxylation sites is 1. The number of hydrogen-bond donors (Lipinski definition) is 2. The number of hydrogen-bond acceptors (Lipinski definition) is 3. The molecule has 0 unspecified atom stereocenters.